The van der Waals surface area contributed by atoms with E-state index >= 15 is 0 Å². The number of carbonyl (C=O) groups excluding carboxylic acids is 2. The Labute approximate surface area is 149 Å². The molecule has 2 aliphatic carbocycles. The molecule has 25 heavy (non-hydrogen) atoms. The van der Waals surface area contributed by atoms with Crippen molar-refractivity contribution in [3.63, 3.8) is 0 Å². The van der Waals surface area contributed by atoms with Crippen LogP contribution < -0.4 is 15.4 Å². The molecule has 0 bridgehead atoms. The fourth-order valence-corrected chi connectivity index (χ4v) is 3.95. The number of hydrogen-bond acceptors (Lipinski definition) is 3. The number of anilines is 1. The van der Waals surface area contributed by atoms with Crippen molar-refractivity contribution in [2.75, 3.05) is 12.4 Å². The zero-order valence-corrected chi connectivity index (χ0v) is 14.9. The molecule has 0 saturated heterocycles. The lowest BCUT2D eigenvalue weighted by molar-refractivity contribution is -0.129. The Morgan fingerprint density at radius 1 is 0.960 bits per heavy atom. The summed E-state index contributed by atoms with van der Waals surface area (Å²) < 4.78 is 5.18. The standard InChI is InChI=1S/C20H28N2O3/c1-25-18-8-4-7-17(13-18)22-20(24)15-11-9-14(10-12-15)19(23)21-16-5-2-3-6-16/h4,7-8,13-16H,2-3,5-6,9-12H2,1H3,(H,21,23)(H,22,24). The molecule has 0 aromatic heterocycles. The largest absolute Gasteiger partial charge is 0.497 e. The summed E-state index contributed by atoms with van der Waals surface area (Å²) in [7, 11) is 1.61. The topological polar surface area (TPSA) is 67.4 Å². The number of hydrogen-bond donors (Lipinski definition) is 2. The minimum Gasteiger partial charge on any atom is -0.497 e. The first-order valence-electron chi connectivity index (χ1n) is 9.41. The van der Waals surface area contributed by atoms with E-state index in [1.807, 2.05) is 24.3 Å². The van der Waals surface area contributed by atoms with Gasteiger partial charge in [-0.3, -0.25) is 9.59 Å². The van der Waals surface area contributed by atoms with Gasteiger partial charge in [0.25, 0.3) is 0 Å². The zero-order chi connectivity index (χ0) is 17.6. The molecule has 2 aliphatic rings. The second-order valence-electron chi connectivity index (χ2n) is 7.26. The molecule has 5 nitrogen and oxygen atoms in total. The Balaban J connectivity index is 1.46. The predicted octanol–water partition coefficient (Wildman–Crippen LogP) is 3.50. The van der Waals surface area contributed by atoms with Gasteiger partial charge in [0.15, 0.2) is 0 Å². The van der Waals surface area contributed by atoms with E-state index in [9.17, 15) is 9.59 Å². The minimum atomic E-state index is -0.0123. The van der Waals surface area contributed by atoms with Gasteiger partial charge < -0.3 is 15.4 Å². The maximum atomic E-state index is 12.5. The van der Waals surface area contributed by atoms with Crippen LogP contribution in [0.1, 0.15) is 51.4 Å². The summed E-state index contributed by atoms with van der Waals surface area (Å²) >= 11 is 0. The van der Waals surface area contributed by atoms with Gasteiger partial charge in [0.2, 0.25) is 11.8 Å². The van der Waals surface area contributed by atoms with Crippen LogP contribution in [-0.4, -0.2) is 25.0 Å². The normalized spacial score (nSPS) is 23.9. The first kappa shape index (κ1) is 17.8. The lowest BCUT2D eigenvalue weighted by Gasteiger charge is -2.28. The highest BCUT2D eigenvalue weighted by Gasteiger charge is 2.31. The number of rotatable bonds is 5. The van der Waals surface area contributed by atoms with Gasteiger partial charge >= 0.3 is 0 Å². The van der Waals surface area contributed by atoms with E-state index < -0.39 is 0 Å². The molecule has 2 N–H and O–H groups in total. The molecule has 0 heterocycles. The molecular weight excluding hydrogens is 316 g/mol. The van der Waals surface area contributed by atoms with Crippen molar-refractivity contribution in [1.29, 1.82) is 0 Å². The molecule has 5 heteroatoms. The van der Waals surface area contributed by atoms with Crippen molar-refractivity contribution in [3.05, 3.63) is 24.3 Å². The summed E-state index contributed by atoms with van der Waals surface area (Å²) in [5.74, 6) is 1.02. The molecule has 2 saturated carbocycles. The van der Waals surface area contributed by atoms with Crippen LogP contribution in [0.2, 0.25) is 0 Å². The average molecular weight is 344 g/mol. The van der Waals surface area contributed by atoms with Gasteiger partial charge in [0.05, 0.1) is 7.11 Å². The van der Waals surface area contributed by atoms with Crippen LogP contribution in [0, 0.1) is 11.8 Å². The molecule has 0 atom stereocenters. The van der Waals surface area contributed by atoms with Crippen molar-refractivity contribution in [2.24, 2.45) is 11.8 Å². The van der Waals surface area contributed by atoms with E-state index in [1.54, 1.807) is 7.11 Å². The fraction of sp³-hybridized carbons (Fsp3) is 0.600. The third-order valence-electron chi connectivity index (χ3n) is 5.51. The van der Waals surface area contributed by atoms with Gasteiger partial charge in [0.1, 0.15) is 5.75 Å². The first-order valence-corrected chi connectivity index (χ1v) is 9.41. The minimum absolute atomic E-state index is 0.0123. The molecular formula is C20H28N2O3. The lowest BCUT2D eigenvalue weighted by atomic mass is 9.81. The van der Waals surface area contributed by atoms with Gasteiger partial charge in [-0.2, -0.15) is 0 Å². The first-order chi connectivity index (χ1) is 12.2. The zero-order valence-electron chi connectivity index (χ0n) is 14.9. The molecule has 0 aliphatic heterocycles. The molecule has 0 unspecified atom stereocenters. The van der Waals surface area contributed by atoms with E-state index in [0.717, 1.165) is 50.0 Å². The second-order valence-corrected chi connectivity index (χ2v) is 7.26. The SMILES string of the molecule is COc1cccc(NC(=O)C2CCC(C(=O)NC3CCCC3)CC2)c1. The Bertz CT molecular complexity index is 603. The van der Waals surface area contributed by atoms with Crippen molar-refractivity contribution in [2.45, 2.75) is 57.4 Å². The molecule has 0 radical (unpaired) electrons. The third-order valence-corrected chi connectivity index (χ3v) is 5.51. The number of amides is 2. The Hall–Kier alpha value is -2.04. The monoisotopic (exact) mass is 344 g/mol. The highest BCUT2D eigenvalue weighted by Crippen LogP contribution is 2.31. The van der Waals surface area contributed by atoms with Crippen LogP contribution >= 0.6 is 0 Å². The smallest absolute Gasteiger partial charge is 0.227 e. The molecule has 1 aromatic rings. The van der Waals surface area contributed by atoms with Gasteiger partial charge in [-0.15, -0.1) is 0 Å². The summed E-state index contributed by atoms with van der Waals surface area (Å²) in [6.45, 7) is 0. The van der Waals surface area contributed by atoms with E-state index in [4.69, 9.17) is 4.74 Å². The molecule has 136 valence electrons. The van der Waals surface area contributed by atoms with Gasteiger partial charge in [-0.25, -0.2) is 0 Å². The highest BCUT2D eigenvalue weighted by molar-refractivity contribution is 5.93. The van der Waals surface area contributed by atoms with Crippen molar-refractivity contribution < 1.29 is 14.3 Å². The summed E-state index contributed by atoms with van der Waals surface area (Å²) in [5.41, 5.74) is 0.755. The predicted molar refractivity (Wildman–Crippen MR) is 97.5 cm³/mol. The Kier molecular flexibility index (Phi) is 5.95. The number of nitrogens with one attached hydrogen (secondary N) is 2. The van der Waals surface area contributed by atoms with Crippen molar-refractivity contribution in [1.82, 2.24) is 5.32 Å². The van der Waals surface area contributed by atoms with Gasteiger partial charge in [0, 0.05) is 29.6 Å². The number of methoxy groups -OCH3 is 1. The van der Waals surface area contributed by atoms with Crippen LogP contribution in [-0.2, 0) is 9.59 Å². The summed E-state index contributed by atoms with van der Waals surface area (Å²) in [4.78, 5) is 24.8. The van der Waals surface area contributed by atoms with Crippen LogP contribution in [0.25, 0.3) is 0 Å². The Morgan fingerprint density at radius 3 is 2.24 bits per heavy atom. The third kappa shape index (κ3) is 4.74. The van der Waals surface area contributed by atoms with Crippen LogP contribution in [0.3, 0.4) is 0 Å². The molecule has 3 rings (SSSR count). The van der Waals surface area contributed by atoms with Gasteiger partial charge in [-0.05, 0) is 50.7 Å². The Morgan fingerprint density at radius 2 is 1.60 bits per heavy atom. The quantitative estimate of drug-likeness (QED) is 0.859. The van der Waals surface area contributed by atoms with Crippen LogP contribution in [0.5, 0.6) is 5.75 Å². The lowest BCUT2D eigenvalue weighted by Crippen LogP contribution is -2.39. The molecule has 2 fully saturated rings. The van der Waals surface area contributed by atoms with Crippen molar-refractivity contribution in [3.8, 4) is 5.75 Å². The van der Waals surface area contributed by atoms with Crippen LogP contribution in [0.15, 0.2) is 24.3 Å². The molecule has 2 amide bonds. The fourth-order valence-electron chi connectivity index (χ4n) is 3.95. The summed E-state index contributed by atoms with van der Waals surface area (Å²) in [5, 5.41) is 6.16. The molecule has 0 spiro atoms. The van der Waals surface area contributed by atoms with Crippen LogP contribution in [0.4, 0.5) is 5.69 Å². The van der Waals surface area contributed by atoms with E-state index in [2.05, 4.69) is 10.6 Å². The van der Waals surface area contributed by atoms with E-state index in [0.29, 0.717) is 6.04 Å². The van der Waals surface area contributed by atoms with E-state index in [-0.39, 0.29) is 23.7 Å². The number of carbonyl (C=O) groups is 2. The highest BCUT2D eigenvalue weighted by atomic mass is 16.5. The summed E-state index contributed by atoms with van der Waals surface area (Å²) in [6.07, 6.45) is 7.83. The maximum Gasteiger partial charge on any atom is 0.227 e. The van der Waals surface area contributed by atoms with E-state index in [1.165, 1.54) is 12.8 Å². The van der Waals surface area contributed by atoms with Crippen molar-refractivity contribution >= 4 is 17.5 Å². The summed E-state index contributed by atoms with van der Waals surface area (Å²) in [6, 6.07) is 7.77. The number of ether oxygens (including phenoxy) is 1. The second kappa shape index (κ2) is 8.37. The molecule has 1 aromatic carbocycles. The average Bonchev–Trinajstić information content (AvgIpc) is 3.15. The number of benzene rings is 1. The van der Waals surface area contributed by atoms with Gasteiger partial charge in [-0.1, -0.05) is 18.9 Å². The maximum absolute atomic E-state index is 12.5.